The number of hydrogen-bond donors (Lipinski definition) is 1. The van der Waals surface area contributed by atoms with Gasteiger partial charge in [0.05, 0.1) is 9.83 Å². The molecule has 1 heterocycles. The van der Waals surface area contributed by atoms with Crippen LogP contribution in [0.4, 0.5) is 4.79 Å². The molecule has 0 aromatic carbocycles. The third-order valence-electron chi connectivity index (χ3n) is 1.75. The van der Waals surface area contributed by atoms with Crippen LogP contribution in [0, 0.1) is 0 Å². The van der Waals surface area contributed by atoms with Crippen molar-refractivity contribution in [3.8, 4) is 0 Å². The van der Waals surface area contributed by atoms with Gasteiger partial charge in [0.1, 0.15) is 5.60 Å². The first-order chi connectivity index (χ1) is 7.28. The largest absolute Gasteiger partial charge is 0.444 e. The molecular weight excluding hydrogens is 290 g/mol. The van der Waals surface area contributed by atoms with Crippen molar-refractivity contribution in [1.82, 2.24) is 5.32 Å². The van der Waals surface area contributed by atoms with Crippen molar-refractivity contribution >= 4 is 33.4 Å². The van der Waals surface area contributed by atoms with Gasteiger partial charge in [0.2, 0.25) is 0 Å². The van der Waals surface area contributed by atoms with E-state index in [4.69, 9.17) is 4.74 Å². The van der Waals surface area contributed by atoms with Crippen LogP contribution in [0.5, 0.6) is 0 Å². The van der Waals surface area contributed by atoms with E-state index >= 15 is 0 Å². The molecule has 5 heteroatoms. The van der Waals surface area contributed by atoms with Gasteiger partial charge in [0.25, 0.3) is 0 Å². The molecule has 0 aliphatic carbocycles. The Balaban J connectivity index is 2.52. The summed E-state index contributed by atoms with van der Waals surface area (Å²) in [4.78, 5) is 12.6. The van der Waals surface area contributed by atoms with Crippen molar-refractivity contribution in [3.63, 3.8) is 0 Å². The highest BCUT2D eigenvalue weighted by Crippen LogP contribution is 2.27. The van der Waals surface area contributed by atoms with Gasteiger partial charge in [0, 0.05) is 4.88 Å². The molecule has 1 atom stereocenters. The molecule has 0 aliphatic rings. The standard InChI is InChI=1S/C11H16BrNO2S/c1-7(8-5-6-9(12)16-8)13-10(14)15-11(2,3)4/h5-7H,1-4H3,(H,13,14). The van der Waals surface area contributed by atoms with E-state index in [2.05, 4.69) is 21.2 Å². The molecule has 0 spiro atoms. The lowest BCUT2D eigenvalue weighted by molar-refractivity contribution is 0.0509. The van der Waals surface area contributed by atoms with Gasteiger partial charge in [-0.25, -0.2) is 4.79 Å². The smallest absolute Gasteiger partial charge is 0.408 e. The summed E-state index contributed by atoms with van der Waals surface area (Å²) < 4.78 is 6.24. The molecule has 3 nitrogen and oxygen atoms in total. The molecule has 1 rings (SSSR count). The molecule has 0 saturated heterocycles. The summed E-state index contributed by atoms with van der Waals surface area (Å²) in [5.74, 6) is 0. The molecule has 0 fully saturated rings. The number of amides is 1. The van der Waals surface area contributed by atoms with E-state index in [-0.39, 0.29) is 12.1 Å². The number of rotatable bonds is 2. The summed E-state index contributed by atoms with van der Waals surface area (Å²) in [5, 5.41) is 2.79. The zero-order chi connectivity index (χ0) is 12.3. The summed E-state index contributed by atoms with van der Waals surface area (Å²) in [6, 6.07) is 3.91. The van der Waals surface area contributed by atoms with Crippen molar-refractivity contribution < 1.29 is 9.53 Å². The predicted molar refractivity (Wildman–Crippen MR) is 69.8 cm³/mol. The third kappa shape index (κ3) is 4.53. The minimum absolute atomic E-state index is 0.0360. The summed E-state index contributed by atoms with van der Waals surface area (Å²) in [5.41, 5.74) is -0.458. The maximum Gasteiger partial charge on any atom is 0.408 e. The quantitative estimate of drug-likeness (QED) is 0.893. The number of hydrogen-bond acceptors (Lipinski definition) is 3. The SMILES string of the molecule is CC(NC(=O)OC(C)(C)C)c1ccc(Br)s1. The Kier molecular flexibility index (Phi) is 4.38. The summed E-state index contributed by atoms with van der Waals surface area (Å²) in [7, 11) is 0. The number of alkyl carbamates (subject to hydrolysis) is 1. The second-order valence-electron chi connectivity index (χ2n) is 4.51. The van der Waals surface area contributed by atoms with E-state index < -0.39 is 5.60 Å². The van der Waals surface area contributed by atoms with Crippen molar-refractivity contribution in [2.45, 2.75) is 39.3 Å². The van der Waals surface area contributed by atoms with Crippen LogP contribution in [0.1, 0.15) is 38.6 Å². The molecule has 1 N–H and O–H groups in total. The zero-order valence-corrected chi connectivity index (χ0v) is 12.2. The van der Waals surface area contributed by atoms with Crippen LogP contribution < -0.4 is 5.32 Å². The molecule has 0 aliphatic heterocycles. The first-order valence-electron chi connectivity index (χ1n) is 5.02. The number of nitrogens with one attached hydrogen (secondary N) is 1. The van der Waals surface area contributed by atoms with E-state index in [1.165, 1.54) is 0 Å². The summed E-state index contributed by atoms with van der Waals surface area (Å²) in [6.07, 6.45) is -0.385. The van der Waals surface area contributed by atoms with Crippen molar-refractivity contribution in [3.05, 3.63) is 20.8 Å². The van der Waals surface area contributed by atoms with Gasteiger partial charge in [-0.1, -0.05) is 0 Å². The maximum atomic E-state index is 11.5. The summed E-state index contributed by atoms with van der Waals surface area (Å²) in [6.45, 7) is 7.47. The van der Waals surface area contributed by atoms with E-state index in [0.29, 0.717) is 0 Å². The van der Waals surface area contributed by atoms with Gasteiger partial charge in [-0.15, -0.1) is 11.3 Å². The second kappa shape index (κ2) is 5.19. The van der Waals surface area contributed by atoms with Gasteiger partial charge >= 0.3 is 6.09 Å². The zero-order valence-electron chi connectivity index (χ0n) is 9.83. The van der Waals surface area contributed by atoms with Gasteiger partial charge in [0.15, 0.2) is 0 Å². The average Bonchev–Trinajstić information content (AvgIpc) is 2.47. The molecular formula is C11H16BrNO2S. The molecule has 1 amide bonds. The predicted octanol–water partition coefficient (Wildman–Crippen LogP) is 4.10. The molecule has 1 unspecified atom stereocenters. The molecule has 90 valence electrons. The number of thiophene rings is 1. The second-order valence-corrected chi connectivity index (χ2v) is 7.00. The topological polar surface area (TPSA) is 38.3 Å². The van der Waals surface area contributed by atoms with Crippen LogP contribution in [-0.2, 0) is 4.74 Å². The third-order valence-corrected chi connectivity index (χ3v) is 3.56. The molecule has 1 aromatic heterocycles. The molecule has 1 aromatic rings. The van der Waals surface area contributed by atoms with Crippen LogP contribution in [-0.4, -0.2) is 11.7 Å². The van der Waals surface area contributed by atoms with Gasteiger partial charge in [-0.3, -0.25) is 0 Å². The fourth-order valence-electron chi connectivity index (χ4n) is 1.12. The van der Waals surface area contributed by atoms with Crippen LogP contribution in [0.25, 0.3) is 0 Å². The van der Waals surface area contributed by atoms with E-state index in [1.54, 1.807) is 11.3 Å². The lowest BCUT2D eigenvalue weighted by atomic mass is 10.2. The van der Waals surface area contributed by atoms with E-state index in [9.17, 15) is 4.79 Å². The van der Waals surface area contributed by atoms with Crippen molar-refractivity contribution in [2.24, 2.45) is 0 Å². The normalized spacial score (nSPS) is 13.3. The molecule has 16 heavy (non-hydrogen) atoms. The Morgan fingerprint density at radius 3 is 2.56 bits per heavy atom. The lowest BCUT2D eigenvalue weighted by Gasteiger charge is -2.21. The Hall–Kier alpha value is -0.550. The maximum absolute atomic E-state index is 11.5. The van der Waals surface area contributed by atoms with Gasteiger partial charge in [-0.2, -0.15) is 0 Å². The highest BCUT2D eigenvalue weighted by molar-refractivity contribution is 9.11. The number of halogens is 1. The van der Waals surface area contributed by atoms with Crippen molar-refractivity contribution in [2.75, 3.05) is 0 Å². The van der Waals surface area contributed by atoms with Gasteiger partial charge < -0.3 is 10.1 Å². The highest BCUT2D eigenvalue weighted by Gasteiger charge is 2.18. The summed E-state index contributed by atoms with van der Waals surface area (Å²) >= 11 is 4.99. The molecule has 0 bridgehead atoms. The van der Waals surface area contributed by atoms with Gasteiger partial charge in [-0.05, 0) is 55.8 Å². The van der Waals surface area contributed by atoms with Crippen LogP contribution in [0.2, 0.25) is 0 Å². The van der Waals surface area contributed by atoms with E-state index in [1.807, 2.05) is 39.8 Å². The first kappa shape index (κ1) is 13.5. The average molecular weight is 306 g/mol. The van der Waals surface area contributed by atoms with E-state index in [0.717, 1.165) is 8.66 Å². The van der Waals surface area contributed by atoms with Crippen molar-refractivity contribution in [1.29, 1.82) is 0 Å². The Morgan fingerprint density at radius 1 is 1.50 bits per heavy atom. The minimum Gasteiger partial charge on any atom is -0.444 e. The number of carbonyl (C=O) groups excluding carboxylic acids is 1. The number of carbonyl (C=O) groups is 1. The Morgan fingerprint density at radius 2 is 2.12 bits per heavy atom. The molecule has 0 radical (unpaired) electrons. The lowest BCUT2D eigenvalue weighted by Crippen LogP contribution is -2.33. The van der Waals surface area contributed by atoms with Crippen LogP contribution in [0.3, 0.4) is 0 Å². The highest BCUT2D eigenvalue weighted by atomic mass is 79.9. The minimum atomic E-state index is -0.458. The molecule has 0 saturated carbocycles. The first-order valence-corrected chi connectivity index (χ1v) is 6.63. The fraction of sp³-hybridized carbons (Fsp3) is 0.545. The Labute approximate surface area is 108 Å². The van der Waals surface area contributed by atoms with Crippen LogP contribution >= 0.6 is 27.3 Å². The number of ether oxygens (including phenoxy) is 1. The fourth-order valence-corrected chi connectivity index (χ4v) is 2.54. The Bertz CT molecular complexity index is 370. The monoisotopic (exact) mass is 305 g/mol. The van der Waals surface area contributed by atoms with Crippen LogP contribution in [0.15, 0.2) is 15.9 Å².